The van der Waals surface area contributed by atoms with E-state index >= 15 is 0 Å². The summed E-state index contributed by atoms with van der Waals surface area (Å²) in [5.41, 5.74) is 5.57. The van der Waals surface area contributed by atoms with Gasteiger partial charge in [-0.15, -0.1) is 0 Å². The average molecular weight is 422 g/mol. The number of rotatable bonds is 3. The van der Waals surface area contributed by atoms with Crippen molar-refractivity contribution in [2.75, 3.05) is 26.2 Å². The number of fused-ring (bicyclic) bond motifs is 2. The van der Waals surface area contributed by atoms with Crippen molar-refractivity contribution in [2.45, 2.75) is 12.8 Å². The molecule has 0 radical (unpaired) electrons. The molecule has 0 spiro atoms. The third-order valence-electron chi connectivity index (χ3n) is 5.99. The maximum Gasteiger partial charge on any atom is 0.183 e. The van der Waals surface area contributed by atoms with Crippen LogP contribution in [0.5, 0.6) is 0 Å². The highest BCUT2D eigenvalue weighted by Crippen LogP contribution is 2.22. The van der Waals surface area contributed by atoms with Crippen molar-refractivity contribution < 1.29 is 4.42 Å². The highest BCUT2D eigenvalue weighted by atomic mass is 16.3. The zero-order chi connectivity index (χ0) is 21.3. The number of amidine groups is 1. The fourth-order valence-electron chi connectivity index (χ4n) is 4.36. The number of hydrogen-bond donors (Lipinski definition) is 2. The highest BCUT2D eigenvalue weighted by molar-refractivity contribution is 5.88. The zero-order valence-electron chi connectivity index (χ0n) is 17.7. The van der Waals surface area contributed by atoms with Crippen molar-refractivity contribution in [2.24, 2.45) is 4.99 Å². The van der Waals surface area contributed by atoms with E-state index in [2.05, 4.69) is 44.2 Å². The summed E-state index contributed by atoms with van der Waals surface area (Å²) in [5, 5.41) is 4.69. The van der Waals surface area contributed by atoms with Crippen LogP contribution in [-0.2, 0) is 6.42 Å². The van der Waals surface area contributed by atoms with Gasteiger partial charge in [0, 0.05) is 30.6 Å². The van der Waals surface area contributed by atoms with E-state index in [1.807, 2.05) is 42.5 Å². The summed E-state index contributed by atoms with van der Waals surface area (Å²) in [4.78, 5) is 14.9. The third-order valence-corrected chi connectivity index (χ3v) is 5.99. The zero-order valence-corrected chi connectivity index (χ0v) is 17.7. The Bertz CT molecular complexity index is 1360. The van der Waals surface area contributed by atoms with Crippen LogP contribution in [0, 0.1) is 11.8 Å². The maximum atomic E-state index is 5.96. The van der Waals surface area contributed by atoms with Crippen LogP contribution in [0.1, 0.15) is 18.0 Å². The molecule has 6 rings (SSSR count). The van der Waals surface area contributed by atoms with Crippen LogP contribution >= 0.6 is 0 Å². The van der Waals surface area contributed by atoms with Crippen LogP contribution in [0.2, 0.25) is 0 Å². The number of nitrogens with zero attached hydrogens (tertiary/aromatic N) is 3. The molecule has 2 aromatic carbocycles. The summed E-state index contributed by atoms with van der Waals surface area (Å²) in [7, 11) is 0. The van der Waals surface area contributed by atoms with Gasteiger partial charge in [-0.2, -0.15) is 0 Å². The number of para-hydroxylation sites is 3. The average Bonchev–Trinajstić information content (AvgIpc) is 3.42. The second kappa shape index (κ2) is 8.03. The first-order valence-corrected chi connectivity index (χ1v) is 10.9. The lowest BCUT2D eigenvalue weighted by Crippen LogP contribution is -2.40. The molecule has 2 N–H and O–H groups in total. The van der Waals surface area contributed by atoms with E-state index in [9.17, 15) is 0 Å². The Morgan fingerprint density at radius 2 is 2.00 bits per heavy atom. The maximum absolute atomic E-state index is 5.96. The topological polar surface area (TPSA) is 69.5 Å². The molecular formula is C26H23N5O. The van der Waals surface area contributed by atoms with Crippen LogP contribution in [-0.4, -0.2) is 46.9 Å². The normalized spacial score (nSPS) is 16.4. The lowest BCUT2D eigenvalue weighted by Gasteiger charge is -2.32. The van der Waals surface area contributed by atoms with Gasteiger partial charge in [-0.3, -0.25) is 9.89 Å². The van der Waals surface area contributed by atoms with E-state index in [1.54, 1.807) is 0 Å². The number of benzene rings is 2. The number of aromatic amines is 1. The first-order valence-electron chi connectivity index (χ1n) is 10.9. The number of aromatic nitrogens is 2. The van der Waals surface area contributed by atoms with Crippen LogP contribution < -0.4 is 5.32 Å². The quantitative estimate of drug-likeness (QED) is 0.493. The first kappa shape index (κ1) is 18.9. The van der Waals surface area contributed by atoms with Gasteiger partial charge in [0.1, 0.15) is 17.2 Å². The van der Waals surface area contributed by atoms with E-state index in [4.69, 9.17) is 9.41 Å². The van der Waals surface area contributed by atoms with E-state index < -0.39 is 0 Å². The number of nitrogens with one attached hydrogen (secondary N) is 2. The van der Waals surface area contributed by atoms with Crippen molar-refractivity contribution in [3.8, 4) is 11.8 Å². The fourth-order valence-corrected chi connectivity index (χ4v) is 4.36. The molecule has 6 nitrogen and oxygen atoms in total. The summed E-state index contributed by atoms with van der Waals surface area (Å²) >= 11 is 0. The van der Waals surface area contributed by atoms with E-state index in [0.29, 0.717) is 6.42 Å². The molecule has 0 unspecified atom stereocenters. The monoisotopic (exact) mass is 421 g/mol. The molecular weight excluding hydrogens is 398 g/mol. The van der Waals surface area contributed by atoms with Gasteiger partial charge >= 0.3 is 0 Å². The molecule has 0 saturated carbocycles. The molecule has 0 bridgehead atoms. The Labute approximate surface area is 186 Å². The Kier molecular flexibility index (Phi) is 4.74. The summed E-state index contributed by atoms with van der Waals surface area (Å²) in [6.45, 7) is 3.35. The van der Waals surface area contributed by atoms with Crippen LogP contribution in [0.4, 0.5) is 0 Å². The highest BCUT2D eigenvalue weighted by Gasteiger charge is 2.22. The van der Waals surface area contributed by atoms with Crippen molar-refractivity contribution in [1.82, 2.24) is 20.2 Å². The van der Waals surface area contributed by atoms with E-state index in [0.717, 1.165) is 72.0 Å². The molecule has 2 aliphatic rings. The van der Waals surface area contributed by atoms with Crippen molar-refractivity contribution in [1.29, 1.82) is 0 Å². The van der Waals surface area contributed by atoms with Crippen LogP contribution in [0.15, 0.2) is 75.3 Å². The summed E-state index contributed by atoms with van der Waals surface area (Å²) in [5.74, 6) is 9.10. The van der Waals surface area contributed by atoms with Crippen molar-refractivity contribution >= 4 is 27.8 Å². The Morgan fingerprint density at radius 1 is 1.09 bits per heavy atom. The van der Waals surface area contributed by atoms with Gasteiger partial charge < -0.3 is 14.7 Å². The Morgan fingerprint density at radius 3 is 2.94 bits per heavy atom. The fraction of sp³-hybridized carbons (Fsp3) is 0.231. The predicted octanol–water partition coefficient (Wildman–Crippen LogP) is 3.86. The van der Waals surface area contributed by atoms with Crippen molar-refractivity contribution in [3.63, 3.8) is 0 Å². The second-order valence-electron chi connectivity index (χ2n) is 8.26. The Hall–Kier alpha value is -3.82. The van der Waals surface area contributed by atoms with Gasteiger partial charge in [-0.1, -0.05) is 36.3 Å². The standard InChI is InChI=1S/C26H23N5O/c1-4-9-24-18(6-1)14-20(32-24)15-26-27-16-19-17-31(13-11-21(19)28-26)12-5-10-25-29-22-7-2-3-8-23(22)30-25/h1-4,6-9,14H,11-13,15-17H2,(H,27,28)(H,29,30). The molecule has 4 aromatic rings. The molecule has 0 saturated heterocycles. The van der Waals surface area contributed by atoms with Gasteiger partial charge in [0.15, 0.2) is 5.82 Å². The molecule has 2 aliphatic heterocycles. The molecule has 6 heteroatoms. The van der Waals surface area contributed by atoms with Gasteiger partial charge in [0.05, 0.1) is 30.5 Å². The van der Waals surface area contributed by atoms with Gasteiger partial charge in [-0.05, 0) is 35.8 Å². The number of hydrogen-bond acceptors (Lipinski definition) is 5. The largest absolute Gasteiger partial charge is 0.461 e. The molecule has 0 atom stereocenters. The molecule has 4 heterocycles. The minimum absolute atomic E-state index is 0.693. The van der Waals surface area contributed by atoms with E-state index in [-0.39, 0.29) is 0 Å². The predicted molar refractivity (Wildman–Crippen MR) is 126 cm³/mol. The number of furan rings is 1. The molecule has 0 aliphatic carbocycles. The van der Waals surface area contributed by atoms with Gasteiger partial charge in [0.25, 0.3) is 0 Å². The number of aliphatic imine (C=N–C) groups is 1. The smallest absolute Gasteiger partial charge is 0.183 e. The van der Waals surface area contributed by atoms with Crippen molar-refractivity contribution in [3.05, 3.63) is 77.5 Å². The minimum atomic E-state index is 0.693. The van der Waals surface area contributed by atoms with E-state index in [1.165, 1.54) is 11.3 Å². The number of H-pyrrole nitrogens is 1. The van der Waals surface area contributed by atoms with Gasteiger partial charge in [-0.25, -0.2) is 4.98 Å². The minimum Gasteiger partial charge on any atom is -0.461 e. The molecule has 2 aromatic heterocycles. The van der Waals surface area contributed by atoms with Crippen LogP contribution in [0.25, 0.3) is 22.0 Å². The first-order chi connectivity index (χ1) is 15.8. The SMILES string of the molecule is C(#Cc1nc2ccccc2[nH]1)CN1CCC2=C(CN=C(Cc3cc4ccccc4o3)N2)C1. The Balaban J connectivity index is 1.07. The van der Waals surface area contributed by atoms with Gasteiger partial charge in [0.2, 0.25) is 0 Å². The summed E-state index contributed by atoms with van der Waals surface area (Å²) in [6, 6.07) is 18.2. The molecule has 32 heavy (non-hydrogen) atoms. The molecule has 0 amide bonds. The molecule has 158 valence electrons. The second-order valence-corrected chi connectivity index (χ2v) is 8.26. The lowest BCUT2D eigenvalue weighted by atomic mass is 10.0. The molecule has 0 fully saturated rings. The summed E-state index contributed by atoms with van der Waals surface area (Å²) < 4.78 is 5.96. The third kappa shape index (κ3) is 3.79. The summed E-state index contributed by atoms with van der Waals surface area (Å²) in [6.07, 6.45) is 1.68. The van der Waals surface area contributed by atoms with Crippen LogP contribution in [0.3, 0.4) is 0 Å². The number of imidazole rings is 1. The lowest BCUT2D eigenvalue weighted by molar-refractivity contribution is 0.314.